The van der Waals surface area contributed by atoms with Crippen molar-refractivity contribution in [3.63, 3.8) is 0 Å². The summed E-state index contributed by atoms with van der Waals surface area (Å²) in [5.74, 6) is 1.07. The molecule has 1 aromatic carbocycles. The monoisotopic (exact) mass is 216 g/mol. The van der Waals surface area contributed by atoms with Crippen LogP contribution in [0.2, 0.25) is 10.0 Å². The molecule has 1 atom stereocenters. The number of hydrogen-bond donors (Lipinski definition) is 0. The minimum absolute atomic E-state index is 0.477. The second-order valence-corrected chi connectivity index (χ2v) is 4.54. The van der Waals surface area contributed by atoms with E-state index < -0.39 is 0 Å². The van der Waals surface area contributed by atoms with Gasteiger partial charge in [-0.25, -0.2) is 0 Å². The van der Waals surface area contributed by atoms with Crippen LogP contribution < -0.4 is 0 Å². The van der Waals surface area contributed by atoms with Crippen LogP contribution in [0.4, 0.5) is 0 Å². The normalized spacial score (nSPS) is 13.4. The molecular formula is C11H14Cl2. The molecule has 0 radical (unpaired) electrons. The van der Waals surface area contributed by atoms with Gasteiger partial charge in [0, 0.05) is 10.0 Å². The molecule has 0 spiro atoms. The standard InChI is InChI=1S/C11H14Cl2/c1-7(2)8(3)10-5-4-9(12)6-11(10)13/h4-8H,1-3H3/t8-/m1/s1. The molecule has 0 aliphatic carbocycles. The number of rotatable bonds is 2. The fourth-order valence-electron chi connectivity index (χ4n) is 1.23. The van der Waals surface area contributed by atoms with Crippen molar-refractivity contribution >= 4 is 23.2 Å². The van der Waals surface area contributed by atoms with Gasteiger partial charge < -0.3 is 0 Å². The van der Waals surface area contributed by atoms with Gasteiger partial charge in [-0.2, -0.15) is 0 Å². The maximum atomic E-state index is 6.08. The number of hydrogen-bond acceptors (Lipinski definition) is 0. The lowest BCUT2D eigenvalue weighted by Gasteiger charge is -2.17. The molecule has 0 fully saturated rings. The van der Waals surface area contributed by atoms with Gasteiger partial charge >= 0.3 is 0 Å². The van der Waals surface area contributed by atoms with Crippen molar-refractivity contribution in [2.45, 2.75) is 26.7 Å². The maximum absolute atomic E-state index is 6.08. The van der Waals surface area contributed by atoms with Crippen LogP contribution in [-0.2, 0) is 0 Å². The Labute approximate surface area is 89.9 Å². The average molecular weight is 217 g/mol. The van der Waals surface area contributed by atoms with Gasteiger partial charge in [-0.05, 0) is 29.5 Å². The van der Waals surface area contributed by atoms with Crippen LogP contribution in [0.1, 0.15) is 32.3 Å². The summed E-state index contributed by atoms with van der Waals surface area (Å²) in [4.78, 5) is 0. The summed E-state index contributed by atoms with van der Waals surface area (Å²) in [5.41, 5.74) is 1.18. The summed E-state index contributed by atoms with van der Waals surface area (Å²) in [5, 5.41) is 1.47. The van der Waals surface area contributed by atoms with Crippen LogP contribution in [-0.4, -0.2) is 0 Å². The van der Waals surface area contributed by atoms with E-state index in [1.807, 2.05) is 12.1 Å². The molecule has 0 saturated heterocycles. The van der Waals surface area contributed by atoms with Gasteiger partial charge in [0.1, 0.15) is 0 Å². The second-order valence-electron chi connectivity index (χ2n) is 3.70. The van der Waals surface area contributed by atoms with Crippen molar-refractivity contribution in [3.05, 3.63) is 33.8 Å². The Morgan fingerprint density at radius 3 is 2.15 bits per heavy atom. The van der Waals surface area contributed by atoms with E-state index in [1.54, 1.807) is 6.07 Å². The number of halogens is 2. The number of benzene rings is 1. The van der Waals surface area contributed by atoms with Gasteiger partial charge in [-0.15, -0.1) is 0 Å². The SMILES string of the molecule is CC(C)[C@@H](C)c1ccc(Cl)cc1Cl. The van der Waals surface area contributed by atoms with E-state index in [9.17, 15) is 0 Å². The van der Waals surface area contributed by atoms with E-state index in [1.165, 1.54) is 5.56 Å². The molecule has 2 heteroatoms. The zero-order valence-corrected chi connectivity index (χ0v) is 9.65. The third-order valence-corrected chi connectivity index (χ3v) is 3.02. The highest BCUT2D eigenvalue weighted by Gasteiger charge is 2.12. The molecule has 0 N–H and O–H groups in total. The van der Waals surface area contributed by atoms with Gasteiger partial charge in [0.2, 0.25) is 0 Å². The fraction of sp³-hybridized carbons (Fsp3) is 0.455. The first kappa shape index (κ1) is 10.9. The van der Waals surface area contributed by atoms with E-state index >= 15 is 0 Å². The lowest BCUT2D eigenvalue weighted by molar-refractivity contribution is 0.535. The largest absolute Gasteiger partial charge is 0.0843 e. The summed E-state index contributed by atoms with van der Waals surface area (Å²) >= 11 is 11.9. The topological polar surface area (TPSA) is 0 Å². The molecule has 0 saturated carbocycles. The Morgan fingerprint density at radius 2 is 1.69 bits per heavy atom. The van der Waals surface area contributed by atoms with Crippen molar-refractivity contribution in [3.8, 4) is 0 Å². The van der Waals surface area contributed by atoms with Crippen molar-refractivity contribution in [2.75, 3.05) is 0 Å². The van der Waals surface area contributed by atoms with Crippen molar-refractivity contribution in [1.82, 2.24) is 0 Å². The first-order valence-corrected chi connectivity index (χ1v) is 5.23. The molecule has 0 heterocycles. The third-order valence-electron chi connectivity index (χ3n) is 2.45. The molecule has 0 amide bonds. The molecule has 1 rings (SSSR count). The predicted octanol–water partition coefficient (Wildman–Crippen LogP) is 4.75. The van der Waals surface area contributed by atoms with Crippen LogP contribution in [0.3, 0.4) is 0 Å². The Balaban J connectivity index is 3.01. The third kappa shape index (κ3) is 2.62. The van der Waals surface area contributed by atoms with Crippen LogP contribution in [0.25, 0.3) is 0 Å². The Morgan fingerprint density at radius 1 is 1.08 bits per heavy atom. The molecule has 0 bridgehead atoms. The highest BCUT2D eigenvalue weighted by Crippen LogP contribution is 2.31. The lowest BCUT2D eigenvalue weighted by Crippen LogP contribution is -2.02. The van der Waals surface area contributed by atoms with Gasteiger partial charge in [-0.3, -0.25) is 0 Å². The highest BCUT2D eigenvalue weighted by molar-refractivity contribution is 6.35. The van der Waals surface area contributed by atoms with Crippen molar-refractivity contribution in [1.29, 1.82) is 0 Å². The first-order chi connectivity index (χ1) is 6.02. The molecule has 13 heavy (non-hydrogen) atoms. The van der Waals surface area contributed by atoms with Crippen LogP contribution in [0.15, 0.2) is 18.2 Å². The Kier molecular flexibility index (Phi) is 3.63. The average Bonchev–Trinajstić information content (AvgIpc) is 2.03. The lowest BCUT2D eigenvalue weighted by atomic mass is 9.90. The van der Waals surface area contributed by atoms with E-state index in [-0.39, 0.29) is 0 Å². The van der Waals surface area contributed by atoms with Crippen molar-refractivity contribution < 1.29 is 0 Å². The predicted molar refractivity (Wildman–Crippen MR) is 59.7 cm³/mol. The summed E-state index contributed by atoms with van der Waals surface area (Å²) < 4.78 is 0. The fourth-order valence-corrected chi connectivity index (χ4v) is 1.81. The van der Waals surface area contributed by atoms with Crippen molar-refractivity contribution in [2.24, 2.45) is 5.92 Å². The molecule has 0 unspecified atom stereocenters. The Bertz CT molecular complexity index is 292. The molecule has 0 aliphatic rings. The van der Waals surface area contributed by atoms with Crippen LogP contribution in [0.5, 0.6) is 0 Å². The van der Waals surface area contributed by atoms with Crippen LogP contribution in [0, 0.1) is 5.92 Å². The summed E-state index contributed by atoms with van der Waals surface area (Å²) in [6.45, 7) is 6.56. The van der Waals surface area contributed by atoms with Gasteiger partial charge in [0.05, 0.1) is 0 Å². The van der Waals surface area contributed by atoms with E-state index in [4.69, 9.17) is 23.2 Å². The smallest absolute Gasteiger partial charge is 0.0455 e. The van der Waals surface area contributed by atoms with Gasteiger partial charge in [0.25, 0.3) is 0 Å². The second kappa shape index (κ2) is 4.34. The minimum Gasteiger partial charge on any atom is -0.0843 e. The van der Waals surface area contributed by atoms with E-state index in [0.29, 0.717) is 16.9 Å². The minimum atomic E-state index is 0.477. The van der Waals surface area contributed by atoms with Crippen LogP contribution >= 0.6 is 23.2 Å². The molecule has 0 aromatic heterocycles. The van der Waals surface area contributed by atoms with E-state index in [0.717, 1.165) is 5.02 Å². The highest BCUT2D eigenvalue weighted by atomic mass is 35.5. The molecular weight excluding hydrogens is 203 g/mol. The molecule has 72 valence electrons. The zero-order valence-electron chi connectivity index (χ0n) is 8.14. The molecule has 0 aliphatic heterocycles. The zero-order chi connectivity index (χ0) is 10.0. The quantitative estimate of drug-likeness (QED) is 0.670. The maximum Gasteiger partial charge on any atom is 0.0455 e. The summed E-state index contributed by atoms with van der Waals surface area (Å²) in [6.07, 6.45) is 0. The molecule has 1 aromatic rings. The summed E-state index contributed by atoms with van der Waals surface area (Å²) in [7, 11) is 0. The Hall–Kier alpha value is -0.200. The first-order valence-electron chi connectivity index (χ1n) is 4.47. The van der Waals surface area contributed by atoms with E-state index in [2.05, 4.69) is 20.8 Å². The van der Waals surface area contributed by atoms with Gasteiger partial charge in [-0.1, -0.05) is 50.0 Å². The van der Waals surface area contributed by atoms with Gasteiger partial charge in [0.15, 0.2) is 0 Å². The molecule has 0 nitrogen and oxygen atoms in total. The summed E-state index contributed by atoms with van der Waals surface area (Å²) in [6, 6.07) is 5.70.